The van der Waals surface area contributed by atoms with Gasteiger partial charge in [-0.05, 0) is 35.1 Å². The maximum Gasteiger partial charge on any atom is 0.253 e. The van der Waals surface area contributed by atoms with E-state index in [4.69, 9.17) is 5.73 Å². The maximum absolute atomic E-state index is 12.3. The number of aryl methyl sites for hydroxylation is 1. The largest absolute Gasteiger partial charge is 0.351 e. The molecule has 0 unspecified atom stereocenters. The van der Waals surface area contributed by atoms with Gasteiger partial charge in [-0.1, -0.05) is 57.2 Å². The zero-order valence-corrected chi connectivity index (χ0v) is 16.3. The molecule has 5 nitrogen and oxygen atoms in total. The number of carbonyl (C=O) groups is 2. The molecule has 4 N–H and O–H groups in total. The molecule has 0 radical (unpaired) electrons. The molecule has 0 aliphatic carbocycles. The molecule has 0 heterocycles. The number of hydrogen-bond donors (Lipinski definition) is 3. The maximum atomic E-state index is 12.3. The summed E-state index contributed by atoms with van der Waals surface area (Å²) in [5.74, 6) is -0.358. The lowest BCUT2D eigenvalue weighted by molar-refractivity contribution is -0.116. The molecule has 0 fully saturated rings. The number of rotatable bonds is 7. The topological polar surface area (TPSA) is 84.2 Å². The molecule has 0 atom stereocenters. The summed E-state index contributed by atoms with van der Waals surface area (Å²) in [5, 5.41) is 5.56. The van der Waals surface area contributed by atoms with Gasteiger partial charge >= 0.3 is 0 Å². The lowest BCUT2D eigenvalue weighted by Gasteiger charge is -2.19. The van der Waals surface area contributed by atoms with E-state index in [9.17, 15) is 9.59 Å². The average Bonchev–Trinajstić information content (AvgIpc) is 2.64. The van der Waals surface area contributed by atoms with Gasteiger partial charge in [0.2, 0.25) is 5.91 Å². The van der Waals surface area contributed by atoms with Gasteiger partial charge in [0.1, 0.15) is 0 Å². The Balaban J connectivity index is 1.95. The Kier molecular flexibility index (Phi) is 7.13. The van der Waals surface area contributed by atoms with Gasteiger partial charge in [-0.15, -0.1) is 0 Å². The Labute approximate surface area is 161 Å². The zero-order chi connectivity index (χ0) is 19.9. The third kappa shape index (κ3) is 6.22. The number of carbonyl (C=O) groups excluding carboxylic acids is 2. The molecule has 2 rings (SSSR count). The molecule has 144 valence electrons. The number of anilines is 1. The van der Waals surface area contributed by atoms with Crippen LogP contribution in [0.15, 0.2) is 48.5 Å². The molecule has 0 aliphatic heterocycles. The van der Waals surface area contributed by atoms with Gasteiger partial charge in [0.25, 0.3) is 5.91 Å². The fourth-order valence-corrected chi connectivity index (χ4v) is 2.71. The van der Waals surface area contributed by atoms with Crippen molar-refractivity contribution in [1.82, 2.24) is 5.32 Å². The third-order valence-electron chi connectivity index (χ3n) is 4.34. The second-order valence-corrected chi connectivity index (χ2v) is 7.59. The monoisotopic (exact) mass is 367 g/mol. The minimum atomic E-state index is -0.242. The van der Waals surface area contributed by atoms with Crippen LogP contribution < -0.4 is 16.4 Å². The summed E-state index contributed by atoms with van der Waals surface area (Å²) in [5.41, 5.74) is 8.87. The molecular formula is C22H29N3O2. The van der Waals surface area contributed by atoms with Crippen LogP contribution in [0.25, 0.3) is 0 Å². The van der Waals surface area contributed by atoms with Crippen molar-refractivity contribution in [2.24, 2.45) is 5.73 Å². The predicted molar refractivity (Wildman–Crippen MR) is 110 cm³/mol. The Bertz CT molecular complexity index is 777. The highest BCUT2D eigenvalue weighted by atomic mass is 16.2. The van der Waals surface area contributed by atoms with Crippen LogP contribution in [0.3, 0.4) is 0 Å². The van der Waals surface area contributed by atoms with Gasteiger partial charge in [-0.2, -0.15) is 0 Å². The minimum Gasteiger partial charge on any atom is -0.351 e. The Morgan fingerprint density at radius 2 is 1.67 bits per heavy atom. The first kappa shape index (κ1) is 20.6. The predicted octanol–water partition coefficient (Wildman–Crippen LogP) is 3.24. The van der Waals surface area contributed by atoms with Crippen molar-refractivity contribution < 1.29 is 9.59 Å². The van der Waals surface area contributed by atoms with Crippen molar-refractivity contribution in [3.05, 3.63) is 65.2 Å². The smallest absolute Gasteiger partial charge is 0.253 e. The van der Waals surface area contributed by atoms with Crippen molar-refractivity contribution in [1.29, 1.82) is 0 Å². The van der Waals surface area contributed by atoms with Crippen molar-refractivity contribution in [3.63, 3.8) is 0 Å². The molecule has 2 aromatic rings. The molecule has 2 amide bonds. The molecule has 0 aromatic heterocycles. The van der Waals surface area contributed by atoms with Crippen LogP contribution in [0.1, 0.15) is 48.7 Å². The Morgan fingerprint density at radius 3 is 2.30 bits per heavy atom. The summed E-state index contributed by atoms with van der Waals surface area (Å²) < 4.78 is 0. The van der Waals surface area contributed by atoms with Gasteiger partial charge in [-0.25, -0.2) is 0 Å². The quantitative estimate of drug-likeness (QED) is 0.702. The highest BCUT2D eigenvalue weighted by Crippen LogP contribution is 2.22. The van der Waals surface area contributed by atoms with Gasteiger partial charge in [-0.3, -0.25) is 9.59 Å². The van der Waals surface area contributed by atoms with E-state index in [0.717, 1.165) is 5.56 Å². The second kappa shape index (κ2) is 9.33. The van der Waals surface area contributed by atoms with Crippen molar-refractivity contribution >= 4 is 17.5 Å². The molecule has 0 spiro atoms. The summed E-state index contributed by atoms with van der Waals surface area (Å²) in [4.78, 5) is 24.5. The number of nitrogens with two attached hydrogens (primary N) is 1. The SMILES string of the molecule is CC(C)(C)c1ccc(CCC(=O)Nc2ccccc2C(=O)NCCN)cc1. The van der Waals surface area contributed by atoms with Crippen LogP contribution in [-0.2, 0) is 16.6 Å². The molecule has 0 aliphatic rings. The second-order valence-electron chi connectivity index (χ2n) is 7.59. The zero-order valence-electron chi connectivity index (χ0n) is 16.3. The highest BCUT2D eigenvalue weighted by Gasteiger charge is 2.14. The van der Waals surface area contributed by atoms with Gasteiger partial charge in [0.05, 0.1) is 11.3 Å². The lowest BCUT2D eigenvalue weighted by Crippen LogP contribution is -2.30. The van der Waals surface area contributed by atoms with Crippen LogP contribution in [0.5, 0.6) is 0 Å². The summed E-state index contributed by atoms with van der Waals surface area (Å²) >= 11 is 0. The number of hydrogen-bond acceptors (Lipinski definition) is 3. The van der Waals surface area contributed by atoms with Gasteiger partial charge < -0.3 is 16.4 Å². The average molecular weight is 367 g/mol. The lowest BCUT2D eigenvalue weighted by atomic mass is 9.86. The number of para-hydroxylation sites is 1. The van der Waals surface area contributed by atoms with Gasteiger partial charge in [0.15, 0.2) is 0 Å². The molecule has 27 heavy (non-hydrogen) atoms. The minimum absolute atomic E-state index is 0.115. The molecular weight excluding hydrogens is 338 g/mol. The van der Waals surface area contributed by atoms with Crippen molar-refractivity contribution in [3.8, 4) is 0 Å². The van der Waals surface area contributed by atoms with Gasteiger partial charge in [0, 0.05) is 19.5 Å². The van der Waals surface area contributed by atoms with E-state index in [-0.39, 0.29) is 17.2 Å². The first-order valence-corrected chi connectivity index (χ1v) is 9.28. The molecule has 0 saturated heterocycles. The Morgan fingerprint density at radius 1 is 1.00 bits per heavy atom. The fraction of sp³-hybridized carbons (Fsp3) is 0.364. The number of amides is 2. The molecule has 0 saturated carbocycles. The van der Waals surface area contributed by atoms with Crippen molar-refractivity contribution in [2.75, 3.05) is 18.4 Å². The van der Waals surface area contributed by atoms with Crippen LogP contribution in [0, 0.1) is 0 Å². The number of nitrogens with one attached hydrogen (secondary N) is 2. The van der Waals surface area contributed by atoms with E-state index in [2.05, 4.69) is 55.7 Å². The standard InChI is InChI=1S/C22H29N3O2/c1-22(2,3)17-11-8-16(9-12-17)10-13-20(26)25-19-7-5-4-6-18(19)21(27)24-15-14-23/h4-9,11-12H,10,13-15,23H2,1-3H3,(H,24,27)(H,25,26). The van der Waals surface area contributed by atoms with E-state index < -0.39 is 0 Å². The van der Waals surface area contributed by atoms with Crippen LogP contribution in [0.2, 0.25) is 0 Å². The first-order chi connectivity index (χ1) is 12.8. The molecule has 5 heteroatoms. The van der Waals surface area contributed by atoms with E-state index in [1.54, 1.807) is 24.3 Å². The summed E-state index contributed by atoms with van der Waals surface area (Å²) in [6.07, 6.45) is 1.01. The Hall–Kier alpha value is -2.66. The molecule has 2 aromatic carbocycles. The summed E-state index contributed by atoms with van der Waals surface area (Å²) in [6, 6.07) is 15.4. The van der Waals surface area contributed by atoms with Crippen LogP contribution in [-0.4, -0.2) is 24.9 Å². The van der Waals surface area contributed by atoms with Crippen LogP contribution in [0.4, 0.5) is 5.69 Å². The fourth-order valence-electron chi connectivity index (χ4n) is 2.71. The highest BCUT2D eigenvalue weighted by molar-refractivity contribution is 6.03. The van der Waals surface area contributed by atoms with E-state index in [0.29, 0.717) is 37.2 Å². The summed E-state index contributed by atoms with van der Waals surface area (Å²) in [6.45, 7) is 7.30. The third-order valence-corrected chi connectivity index (χ3v) is 4.34. The van der Waals surface area contributed by atoms with Crippen molar-refractivity contribution in [2.45, 2.75) is 39.0 Å². The van der Waals surface area contributed by atoms with E-state index in [1.807, 2.05) is 0 Å². The normalized spacial score (nSPS) is 11.1. The number of benzene rings is 2. The molecule has 0 bridgehead atoms. The van der Waals surface area contributed by atoms with E-state index >= 15 is 0 Å². The summed E-state index contributed by atoms with van der Waals surface area (Å²) in [7, 11) is 0. The van der Waals surface area contributed by atoms with E-state index in [1.165, 1.54) is 5.56 Å². The first-order valence-electron chi connectivity index (χ1n) is 9.28. The van der Waals surface area contributed by atoms with Crippen LogP contribution >= 0.6 is 0 Å².